The summed E-state index contributed by atoms with van der Waals surface area (Å²) in [5, 5.41) is 14.8. The van der Waals surface area contributed by atoms with Crippen molar-refractivity contribution >= 4 is 11.0 Å². The predicted molar refractivity (Wildman–Crippen MR) is 83.2 cm³/mol. The Labute approximate surface area is 128 Å². The van der Waals surface area contributed by atoms with E-state index in [-0.39, 0.29) is 6.04 Å². The second kappa shape index (κ2) is 5.51. The van der Waals surface area contributed by atoms with E-state index in [4.69, 9.17) is 4.42 Å². The van der Waals surface area contributed by atoms with Crippen LogP contribution in [0.15, 0.2) is 47.1 Å². The lowest BCUT2D eigenvalue weighted by Gasteiger charge is -2.17. The minimum atomic E-state index is -0.640. The average Bonchev–Trinajstić information content (AvgIpc) is 3.23. The number of nitrogens with one attached hydrogen (secondary N) is 1. The number of rotatable bonds is 3. The molecule has 112 valence electrons. The van der Waals surface area contributed by atoms with E-state index in [9.17, 15) is 5.11 Å². The SMILES string of the molecule is OC(c1cncc(-c2cc3ccccc3o2)n1)C1CCCN1. The molecule has 0 saturated carbocycles. The van der Waals surface area contributed by atoms with Gasteiger partial charge in [-0.25, -0.2) is 4.98 Å². The first kappa shape index (κ1) is 13.4. The Morgan fingerprint density at radius 2 is 2.18 bits per heavy atom. The Kier molecular flexibility index (Phi) is 3.36. The number of fused-ring (bicyclic) bond motifs is 1. The lowest BCUT2D eigenvalue weighted by Crippen LogP contribution is -2.29. The minimum Gasteiger partial charge on any atom is -0.454 e. The lowest BCUT2D eigenvalue weighted by molar-refractivity contribution is 0.133. The normalized spacial score (nSPS) is 19.6. The van der Waals surface area contributed by atoms with Crippen molar-refractivity contribution in [1.29, 1.82) is 0 Å². The van der Waals surface area contributed by atoms with E-state index in [0.29, 0.717) is 17.1 Å². The van der Waals surface area contributed by atoms with E-state index in [1.807, 2.05) is 30.3 Å². The summed E-state index contributed by atoms with van der Waals surface area (Å²) in [4.78, 5) is 8.75. The summed E-state index contributed by atoms with van der Waals surface area (Å²) in [6, 6.07) is 9.83. The zero-order valence-electron chi connectivity index (χ0n) is 12.1. The van der Waals surface area contributed by atoms with Crippen LogP contribution in [-0.4, -0.2) is 27.7 Å². The first-order chi connectivity index (χ1) is 10.8. The molecule has 2 unspecified atom stereocenters. The number of hydrogen-bond donors (Lipinski definition) is 2. The van der Waals surface area contributed by atoms with Crippen LogP contribution < -0.4 is 5.32 Å². The molecule has 2 atom stereocenters. The molecular weight excluding hydrogens is 278 g/mol. The third-order valence-corrected chi connectivity index (χ3v) is 4.11. The summed E-state index contributed by atoms with van der Waals surface area (Å²) in [6.45, 7) is 0.943. The van der Waals surface area contributed by atoms with Crippen molar-refractivity contribution in [2.75, 3.05) is 6.54 Å². The summed E-state index contributed by atoms with van der Waals surface area (Å²) < 4.78 is 5.81. The second-order valence-corrected chi connectivity index (χ2v) is 5.63. The molecule has 0 aliphatic carbocycles. The van der Waals surface area contributed by atoms with Crippen LogP contribution in [0.4, 0.5) is 0 Å². The van der Waals surface area contributed by atoms with Crippen molar-refractivity contribution in [1.82, 2.24) is 15.3 Å². The number of aliphatic hydroxyl groups is 1. The van der Waals surface area contributed by atoms with Gasteiger partial charge in [-0.1, -0.05) is 18.2 Å². The molecule has 1 saturated heterocycles. The molecule has 0 radical (unpaired) electrons. The first-order valence-electron chi connectivity index (χ1n) is 7.53. The van der Waals surface area contributed by atoms with Gasteiger partial charge < -0.3 is 14.8 Å². The van der Waals surface area contributed by atoms with Crippen LogP contribution in [0.2, 0.25) is 0 Å². The fourth-order valence-electron chi connectivity index (χ4n) is 2.94. The van der Waals surface area contributed by atoms with Gasteiger partial charge in [0.15, 0.2) is 5.76 Å². The van der Waals surface area contributed by atoms with Crippen molar-refractivity contribution in [3.05, 3.63) is 48.4 Å². The van der Waals surface area contributed by atoms with Crippen molar-refractivity contribution in [2.24, 2.45) is 0 Å². The van der Waals surface area contributed by atoms with Crippen molar-refractivity contribution < 1.29 is 9.52 Å². The fourth-order valence-corrected chi connectivity index (χ4v) is 2.94. The summed E-state index contributed by atoms with van der Waals surface area (Å²) in [5.74, 6) is 0.669. The zero-order valence-corrected chi connectivity index (χ0v) is 12.1. The molecule has 1 fully saturated rings. The van der Waals surface area contributed by atoms with Crippen LogP contribution in [0.25, 0.3) is 22.4 Å². The highest BCUT2D eigenvalue weighted by Gasteiger charge is 2.25. The van der Waals surface area contributed by atoms with E-state index in [0.717, 1.165) is 30.4 Å². The highest BCUT2D eigenvalue weighted by Crippen LogP contribution is 2.28. The molecule has 5 heteroatoms. The molecule has 0 spiro atoms. The smallest absolute Gasteiger partial charge is 0.155 e. The topological polar surface area (TPSA) is 71.2 Å². The van der Waals surface area contributed by atoms with Gasteiger partial charge in [-0.05, 0) is 31.5 Å². The molecule has 0 amide bonds. The summed E-state index contributed by atoms with van der Waals surface area (Å²) in [7, 11) is 0. The number of para-hydroxylation sites is 1. The zero-order chi connectivity index (χ0) is 14.9. The standard InChI is InChI=1S/C17H17N3O2/c21-17(12-5-3-7-19-12)14-10-18-9-13(20-14)16-8-11-4-1-2-6-15(11)22-16/h1-2,4,6,8-10,12,17,19,21H,3,5,7H2. The van der Waals surface area contributed by atoms with Gasteiger partial charge in [-0.2, -0.15) is 0 Å². The van der Waals surface area contributed by atoms with Gasteiger partial charge >= 0.3 is 0 Å². The fraction of sp³-hybridized carbons (Fsp3) is 0.294. The minimum absolute atomic E-state index is 0.0558. The number of aromatic nitrogens is 2. The molecule has 5 nitrogen and oxygen atoms in total. The Morgan fingerprint density at radius 1 is 1.27 bits per heavy atom. The van der Waals surface area contributed by atoms with Crippen molar-refractivity contribution in [2.45, 2.75) is 25.0 Å². The number of aliphatic hydroxyl groups excluding tert-OH is 1. The van der Waals surface area contributed by atoms with E-state index in [2.05, 4.69) is 15.3 Å². The Bertz CT molecular complexity index is 760. The Morgan fingerprint density at radius 3 is 3.00 bits per heavy atom. The van der Waals surface area contributed by atoms with Crippen molar-refractivity contribution in [3.8, 4) is 11.5 Å². The molecule has 2 N–H and O–H groups in total. The molecule has 1 aromatic carbocycles. The van der Waals surface area contributed by atoms with Crippen molar-refractivity contribution in [3.63, 3.8) is 0 Å². The quantitative estimate of drug-likeness (QED) is 0.777. The summed E-state index contributed by atoms with van der Waals surface area (Å²) in [5.41, 5.74) is 2.05. The number of furan rings is 1. The van der Waals surface area contributed by atoms with Gasteiger partial charge in [0.1, 0.15) is 17.4 Å². The van der Waals surface area contributed by atoms with Crippen LogP contribution >= 0.6 is 0 Å². The molecule has 0 bridgehead atoms. The molecule has 3 heterocycles. The summed E-state index contributed by atoms with van der Waals surface area (Å²) in [6.07, 6.45) is 4.68. The monoisotopic (exact) mass is 295 g/mol. The first-order valence-corrected chi connectivity index (χ1v) is 7.53. The molecule has 4 rings (SSSR count). The van der Waals surface area contributed by atoms with Crippen LogP contribution in [-0.2, 0) is 0 Å². The molecule has 2 aromatic heterocycles. The van der Waals surface area contributed by atoms with Gasteiger partial charge in [0.25, 0.3) is 0 Å². The maximum absolute atomic E-state index is 10.4. The van der Waals surface area contributed by atoms with Gasteiger partial charge in [0.05, 0.1) is 18.1 Å². The third-order valence-electron chi connectivity index (χ3n) is 4.11. The van der Waals surface area contributed by atoms with Crippen LogP contribution in [0, 0.1) is 0 Å². The van der Waals surface area contributed by atoms with Gasteiger partial charge in [0, 0.05) is 11.4 Å². The molecular formula is C17H17N3O2. The largest absolute Gasteiger partial charge is 0.454 e. The van der Waals surface area contributed by atoms with E-state index in [1.165, 1.54) is 0 Å². The number of nitrogens with zero attached hydrogens (tertiary/aromatic N) is 2. The van der Waals surface area contributed by atoms with E-state index in [1.54, 1.807) is 12.4 Å². The molecule has 22 heavy (non-hydrogen) atoms. The van der Waals surface area contributed by atoms with Gasteiger partial charge in [-0.15, -0.1) is 0 Å². The molecule has 1 aliphatic heterocycles. The van der Waals surface area contributed by atoms with Gasteiger partial charge in [0.2, 0.25) is 0 Å². The van der Waals surface area contributed by atoms with E-state index >= 15 is 0 Å². The third kappa shape index (κ3) is 2.38. The second-order valence-electron chi connectivity index (χ2n) is 5.63. The van der Waals surface area contributed by atoms with E-state index < -0.39 is 6.10 Å². The Balaban J connectivity index is 1.68. The maximum atomic E-state index is 10.4. The molecule has 1 aliphatic rings. The average molecular weight is 295 g/mol. The predicted octanol–water partition coefficient (Wildman–Crippen LogP) is 2.68. The summed E-state index contributed by atoms with van der Waals surface area (Å²) >= 11 is 0. The van der Waals surface area contributed by atoms with Crippen LogP contribution in [0.1, 0.15) is 24.6 Å². The van der Waals surface area contributed by atoms with Gasteiger partial charge in [-0.3, -0.25) is 4.98 Å². The molecule has 3 aromatic rings. The number of hydrogen-bond acceptors (Lipinski definition) is 5. The number of benzene rings is 1. The lowest BCUT2D eigenvalue weighted by atomic mass is 10.1. The highest BCUT2D eigenvalue weighted by molar-refractivity contribution is 5.81. The highest BCUT2D eigenvalue weighted by atomic mass is 16.3. The Hall–Kier alpha value is -2.24. The maximum Gasteiger partial charge on any atom is 0.155 e. The van der Waals surface area contributed by atoms with Crippen LogP contribution in [0.3, 0.4) is 0 Å². The van der Waals surface area contributed by atoms with Crippen LogP contribution in [0.5, 0.6) is 0 Å².